The number of carbonyl (C=O) groups is 3. The van der Waals surface area contributed by atoms with Crippen LogP contribution in [-0.4, -0.2) is 42.6 Å². The van der Waals surface area contributed by atoms with Gasteiger partial charge >= 0.3 is 23.8 Å². The van der Waals surface area contributed by atoms with Gasteiger partial charge in [0.05, 0.1) is 11.1 Å². The Kier molecular flexibility index (Phi) is 6.17. The number of esters is 3. The SMILES string of the molecule is O=C(OC[C@H]1OC(=O)C(F)(F)[C@@H]1OC(=O)c1ccc(-c2ccccc2)cc1)c1ccccc1. The summed E-state index contributed by atoms with van der Waals surface area (Å²) in [5, 5.41) is 0. The van der Waals surface area contributed by atoms with E-state index in [1.165, 1.54) is 24.3 Å². The van der Waals surface area contributed by atoms with E-state index in [0.29, 0.717) is 0 Å². The van der Waals surface area contributed by atoms with Gasteiger partial charge in [0.25, 0.3) is 0 Å². The van der Waals surface area contributed by atoms with E-state index in [1.54, 1.807) is 30.3 Å². The Balaban J connectivity index is 1.45. The molecule has 1 saturated heterocycles. The molecule has 8 heteroatoms. The molecule has 0 spiro atoms. The van der Waals surface area contributed by atoms with E-state index in [1.807, 2.05) is 30.3 Å². The number of rotatable bonds is 6. The molecule has 0 radical (unpaired) electrons. The van der Waals surface area contributed by atoms with Gasteiger partial charge in [0, 0.05) is 0 Å². The van der Waals surface area contributed by atoms with Gasteiger partial charge in [0.1, 0.15) is 6.61 Å². The van der Waals surface area contributed by atoms with Crippen LogP contribution in [0, 0.1) is 0 Å². The highest BCUT2D eigenvalue weighted by atomic mass is 19.3. The van der Waals surface area contributed by atoms with E-state index in [9.17, 15) is 23.2 Å². The summed E-state index contributed by atoms with van der Waals surface area (Å²) >= 11 is 0. The Morgan fingerprint density at radius 2 is 1.33 bits per heavy atom. The lowest BCUT2D eigenvalue weighted by atomic mass is 10.0. The van der Waals surface area contributed by atoms with Crippen LogP contribution in [0.2, 0.25) is 0 Å². The van der Waals surface area contributed by atoms with Crippen LogP contribution in [0.25, 0.3) is 11.1 Å². The monoisotopic (exact) mass is 452 g/mol. The van der Waals surface area contributed by atoms with Gasteiger partial charge in [-0.25, -0.2) is 14.4 Å². The van der Waals surface area contributed by atoms with Gasteiger partial charge < -0.3 is 14.2 Å². The summed E-state index contributed by atoms with van der Waals surface area (Å²) in [6.45, 7) is -0.694. The third-order valence-electron chi connectivity index (χ3n) is 5.08. The molecule has 0 aliphatic carbocycles. The van der Waals surface area contributed by atoms with Gasteiger partial charge in [-0.05, 0) is 35.4 Å². The molecule has 1 fully saturated rings. The van der Waals surface area contributed by atoms with Crippen molar-refractivity contribution >= 4 is 17.9 Å². The lowest BCUT2D eigenvalue weighted by Crippen LogP contribution is -2.43. The molecule has 0 amide bonds. The van der Waals surface area contributed by atoms with Gasteiger partial charge in [-0.2, -0.15) is 8.78 Å². The summed E-state index contributed by atoms with van der Waals surface area (Å²) in [6.07, 6.45) is -3.89. The molecular formula is C25H18F2O6. The van der Waals surface area contributed by atoms with Crippen LogP contribution in [0.15, 0.2) is 84.9 Å². The minimum Gasteiger partial charge on any atom is -0.458 e. The molecule has 0 unspecified atom stereocenters. The second kappa shape index (κ2) is 9.20. The molecule has 168 valence electrons. The second-order valence-corrected chi connectivity index (χ2v) is 7.30. The molecule has 1 heterocycles. The van der Waals surface area contributed by atoms with Crippen molar-refractivity contribution in [2.24, 2.45) is 0 Å². The number of alkyl halides is 2. The third kappa shape index (κ3) is 4.74. The summed E-state index contributed by atoms with van der Waals surface area (Å²) in [7, 11) is 0. The molecule has 33 heavy (non-hydrogen) atoms. The fourth-order valence-electron chi connectivity index (χ4n) is 3.33. The highest BCUT2D eigenvalue weighted by Crippen LogP contribution is 2.35. The predicted molar refractivity (Wildman–Crippen MR) is 113 cm³/mol. The summed E-state index contributed by atoms with van der Waals surface area (Å²) < 4.78 is 43.3. The van der Waals surface area contributed by atoms with E-state index in [2.05, 4.69) is 4.74 Å². The van der Waals surface area contributed by atoms with Crippen LogP contribution in [-0.2, 0) is 19.0 Å². The molecule has 1 aliphatic rings. The van der Waals surface area contributed by atoms with Crippen LogP contribution >= 0.6 is 0 Å². The van der Waals surface area contributed by atoms with E-state index >= 15 is 0 Å². The Labute approximate surface area is 187 Å². The molecule has 2 atom stereocenters. The first kappa shape index (κ1) is 22.1. The van der Waals surface area contributed by atoms with Gasteiger partial charge in [0.2, 0.25) is 6.10 Å². The Bertz CT molecular complexity index is 1150. The minimum absolute atomic E-state index is 0.0184. The topological polar surface area (TPSA) is 78.9 Å². The van der Waals surface area contributed by atoms with E-state index < -0.39 is 42.6 Å². The number of carbonyl (C=O) groups excluding carboxylic acids is 3. The average molecular weight is 452 g/mol. The second-order valence-electron chi connectivity index (χ2n) is 7.30. The van der Waals surface area contributed by atoms with Crippen molar-refractivity contribution in [1.82, 2.24) is 0 Å². The van der Waals surface area contributed by atoms with Crippen molar-refractivity contribution in [2.45, 2.75) is 18.1 Å². The summed E-state index contributed by atoms with van der Waals surface area (Å²) in [4.78, 5) is 36.3. The summed E-state index contributed by atoms with van der Waals surface area (Å²) in [5.74, 6) is -7.77. The Morgan fingerprint density at radius 3 is 1.97 bits per heavy atom. The van der Waals surface area contributed by atoms with Crippen molar-refractivity contribution in [3.8, 4) is 11.1 Å². The maximum atomic E-state index is 14.4. The standard InChI is InChI=1S/C25H18F2O6/c26-25(27)21(20(32-24(25)30)15-31-22(28)18-9-5-2-6-10-18)33-23(29)19-13-11-17(12-14-19)16-7-3-1-4-8-16/h1-14,20-21H,15H2/t20-,21-/m1/s1. The highest BCUT2D eigenvalue weighted by molar-refractivity contribution is 5.91. The quantitative estimate of drug-likeness (QED) is 0.410. The molecule has 0 aromatic heterocycles. The van der Waals surface area contributed by atoms with E-state index in [-0.39, 0.29) is 11.1 Å². The maximum Gasteiger partial charge on any atom is 0.382 e. The fraction of sp³-hybridized carbons (Fsp3) is 0.160. The predicted octanol–water partition coefficient (Wildman–Crippen LogP) is 4.30. The van der Waals surface area contributed by atoms with Crippen LogP contribution in [0.3, 0.4) is 0 Å². The maximum absolute atomic E-state index is 14.4. The highest BCUT2D eigenvalue weighted by Gasteiger charge is 2.63. The molecule has 0 bridgehead atoms. The van der Waals surface area contributed by atoms with Gasteiger partial charge in [-0.3, -0.25) is 0 Å². The zero-order valence-electron chi connectivity index (χ0n) is 17.2. The van der Waals surface area contributed by atoms with Crippen molar-refractivity contribution in [2.75, 3.05) is 6.61 Å². The first-order chi connectivity index (χ1) is 15.9. The molecular weight excluding hydrogens is 434 g/mol. The lowest BCUT2D eigenvalue weighted by Gasteiger charge is -2.20. The van der Waals surface area contributed by atoms with Crippen molar-refractivity contribution < 1.29 is 37.4 Å². The summed E-state index contributed by atoms with van der Waals surface area (Å²) in [5.41, 5.74) is 1.95. The summed E-state index contributed by atoms with van der Waals surface area (Å²) in [6, 6.07) is 23.4. The van der Waals surface area contributed by atoms with Gasteiger partial charge in [-0.15, -0.1) is 0 Å². The van der Waals surface area contributed by atoms with Crippen LogP contribution in [0.5, 0.6) is 0 Å². The molecule has 3 aromatic rings. The Hall–Kier alpha value is -4.07. The zero-order chi connectivity index (χ0) is 23.4. The number of ether oxygens (including phenoxy) is 3. The molecule has 6 nitrogen and oxygen atoms in total. The van der Waals surface area contributed by atoms with Crippen LogP contribution in [0.1, 0.15) is 20.7 Å². The van der Waals surface area contributed by atoms with Crippen molar-refractivity contribution in [3.63, 3.8) is 0 Å². The molecule has 0 N–H and O–H groups in total. The van der Waals surface area contributed by atoms with Crippen LogP contribution in [0.4, 0.5) is 8.78 Å². The average Bonchev–Trinajstić information content (AvgIpc) is 3.06. The van der Waals surface area contributed by atoms with Crippen molar-refractivity contribution in [3.05, 3.63) is 96.1 Å². The number of benzene rings is 3. The molecule has 1 aliphatic heterocycles. The van der Waals surface area contributed by atoms with E-state index in [4.69, 9.17) is 9.47 Å². The first-order valence-electron chi connectivity index (χ1n) is 10.0. The van der Waals surface area contributed by atoms with Crippen molar-refractivity contribution in [1.29, 1.82) is 0 Å². The Morgan fingerprint density at radius 1 is 0.788 bits per heavy atom. The largest absolute Gasteiger partial charge is 0.458 e. The lowest BCUT2D eigenvalue weighted by molar-refractivity contribution is -0.163. The number of cyclic esters (lactones) is 1. The van der Waals surface area contributed by atoms with E-state index in [0.717, 1.165) is 11.1 Å². The zero-order valence-corrected chi connectivity index (χ0v) is 17.2. The normalized spacial score (nSPS) is 18.9. The first-order valence-corrected chi connectivity index (χ1v) is 10.0. The smallest absolute Gasteiger partial charge is 0.382 e. The molecule has 3 aromatic carbocycles. The fourth-order valence-corrected chi connectivity index (χ4v) is 3.33. The van der Waals surface area contributed by atoms with Gasteiger partial charge in [0.15, 0.2) is 6.10 Å². The number of hydrogen-bond donors (Lipinski definition) is 0. The molecule has 4 rings (SSSR count). The van der Waals surface area contributed by atoms with Gasteiger partial charge in [-0.1, -0.05) is 60.7 Å². The third-order valence-corrected chi connectivity index (χ3v) is 5.08. The van der Waals surface area contributed by atoms with Crippen LogP contribution < -0.4 is 0 Å². The number of hydrogen-bond acceptors (Lipinski definition) is 6. The molecule has 0 saturated carbocycles. The minimum atomic E-state index is -4.08. The number of halogens is 2.